The van der Waals surface area contributed by atoms with Crippen LogP contribution in [0, 0.1) is 6.92 Å². The number of hydrogen-bond donors (Lipinski definition) is 2. The maximum Gasteiger partial charge on any atom is 0.221 e. The van der Waals surface area contributed by atoms with Gasteiger partial charge in [0.25, 0.3) is 0 Å². The standard InChI is InChI=1S/C12H20N2O3S2/c1-9(8-11-5-4-10(2)18-11)14-12(15)6-7-19(16,17)13-3/h4-5,9,13H,6-8H2,1-3H3,(H,14,15). The molecule has 1 unspecified atom stereocenters. The zero-order chi connectivity index (χ0) is 14.5. The Morgan fingerprint density at radius 3 is 2.63 bits per heavy atom. The summed E-state index contributed by atoms with van der Waals surface area (Å²) in [6.45, 7) is 3.96. The van der Waals surface area contributed by atoms with Crippen LogP contribution in [0.5, 0.6) is 0 Å². The molecule has 1 atom stereocenters. The van der Waals surface area contributed by atoms with E-state index in [1.54, 1.807) is 11.3 Å². The van der Waals surface area contributed by atoms with Gasteiger partial charge < -0.3 is 5.32 Å². The first-order chi connectivity index (χ1) is 8.82. The number of thiophene rings is 1. The minimum absolute atomic E-state index is 0.00263. The van der Waals surface area contributed by atoms with Gasteiger partial charge in [0.05, 0.1) is 5.75 Å². The molecular weight excluding hydrogens is 284 g/mol. The average molecular weight is 304 g/mol. The minimum Gasteiger partial charge on any atom is -0.353 e. The third-order valence-electron chi connectivity index (χ3n) is 2.62. The number of aryl methyl sites for hydroxylation is 1. The molecule has 19 heavy (non-hydrogen) atoms. The van der Waals surface area contributed by atoms with E-state index in [0.717, 1.165) is 6.42 Å². The van der Waals surface area contributed by atoms with E-state index in [9.17, 15) is 13.2 Å². The first kappa shape index (κ1) is 16.1. The molecule has 1 heterocycles. The van der Waals surface area contributed by atoms with Crippen molar-refractivity contribution in [2.45, 2.75) is 32.7 Å². The summed E-state index contributed by atoms with van der Waals surface area (Å²) in [7, 11) is -1.97. The lowest BCUT2D eigenvalue weighted by atomic mass is 10.2. The average Bonchev–Trinajstić information content (AvgIpc) is 2.72. The summed E-state index contributed by atoms with van der Waals surface area (Å²) < 4.78 is 24.6. The maximum absolute atomic E-state index is 11.6. The van der Waals surface area contributed by atoms with Crippen LogP contribution in [-0.2, 0) is 21.2 Å². The van der Waals surface area contributed by atoms with Crippen LogP contribution in [0.2, 0.25) is 0 Å². The van der Waals surface area contributed by atoms with Gasteiger partial charge in [0.15, 0.2) is 0 Å². The van der Waals surface area contributed by atoms with Crippen molar-refractivity contribution in [1.82, 2.24) is 10.0 Å². The molecule has 0 bridgehead atoms. The van der Waals surface area contributed by atoms with E-state index in [0.29, 0.717) is 0 Å². The van der Waals surface area contributed by atoms with E-state index in [4.69, 9.17) is 0 Å². The topological polar surface area (TPSA) is 75.3 Å². The van der Waals surface area contributed by atoms with E-state index >= 15 is 0 Å². The monoisotopic (exact) mass is 304 g/mol. The second kappa shape index (κ2) is 7.02. The molecule has 0 fully saturated rings. The number of carbonyl (C=O) groups excluding carboxylic acids is 1. The van der Waals surface area contributed by atoms with Crippen LogP contribution in [0.1, 0.15) is 23.1 Å². The Labute approximate surface area is 118 Å². The predicted octanol–water partition coefficient (Wildman–Crippen LogP) is 1.04. The lowest BCUT2D eigenvalue weighted by Crippen LogP contribution is -2.35. The Kier molecular flexibility index (Phi) is 5.96. The van der Waals surface area contributed by atoms with Gasteiger partial charge in [-0.1, -0.05) is 0 Å². The van der Waals surface area contributed by atoms with Crippen molar-refractivity contribution in [3.63, 3.8) is 0 Å². The van der Waals surface area contributed by atoms with Gasteiger partial charge in [0.2, 0.25) is 15.9 Å². The fourth-order valence-corrected chi connectivity index (χ4v) is 3.30. The van der Waals surface area contributed by atoms with Crippen molar-refractivity contribution >= 4 is 27.3 Å². The Bertz CT molecular complexity index is 523. The van der Waals surface area contributed by atoms with E-state index in [-0.39, 0.29) is 24.1 Å². The highest BCUT2D eigenvalue weighted by molar-refractivity contribution is 7.89. The number of sulfonamides is 1. The van der Waals surface area contributed by atoms with Crippen molar-refractivity contribution in [2.24, 2.45) is 0 Å². The normalized spacial score (nSPS) is 13.2. The highest BCUT2D eigenvalue weighted by Crippen LogP contribution is 2.16. The smallest absolute Gasteiger partial charge is 0.221 e. The molecule has 7 heteroatoms. The number of amides is 1. The summed E-state index contributed by atoms with van der Waals surface area (Å²) in [6, 6.07) is 4.10. The number of hydrogen-bond acceptors (Lipinski definition) is 4. The molecule has 1 rings (SSSR count). The fraction of sp³-hybridized carbons (Fsp3) is 0.583. The zero-order valence-corrected chi connectivity index (χ0v) is 13.0. The Hall–Kier alpha value is -0.920. The summed E-state index contributed by atoms with van der Waals surface area (Å²) in [5.41, 5.74) is 0. The van der Waals surface area contributed by atoms with Crippen LogP contribution in [-0.4, -0.2) is 33.2 Å². The van der Waals surface area contributed by atoms with Crippen LogP contribution in [0.25, 0.3) is 0 Å². The van der Waals surface area contributed by atoms with Gasteiger partial charge in [-0.25, -0.2) is 13.1 Å². The lowest BCUT2D eigenvalue weighted by Gasteiger charge is -2.12. The van der Waals surface area contributed by atoms with E-state index in [2.05, 4.69) is 10.0 Å². The molecule has 0 spiro atoms. The van der Waals surface area contributed by atoms with Crippen molar-refractivity contribution in [3.8, 4) is 0 Å². The molecule has 0 aliphatic rings. The van der Waals surface area contributed by atoms with Crippen LogP contribution < -0.4 is 10.0 Å². The predicted molar refractivity (Wildman–Crippen MR) is 77.8 cm³/mol. The molecule has 0 aliphatic carbocycles. The molecule has 5 nitrogen and oxygen atoms in total. The first-order valence-electron chi connectivity index (χ1n) is 6.08. The Balaban J connectivity index is 2.36. The van der Waals surface area contributed by atoms with Gasteiger partial charge in [0, 0.05) is 28.6 Å². The lowest BCUT2D eigenvalue weighted by molar-refractivity contribution is -0.121. The zero-order valence-electron chi connectivity index (χ0n) is 11.4. The molecule has 0 aliphatic heterocycles. The van der Waals surface area contributed by atoms with E-state index < -0.39 is 10.0 Å². The highest BCUT2D eigenvalue weighted by Gasteiger charge is 2.13. The van der Waals surface area contributed by atoms with Gasteiger partial charge in [-0.2, -0.15) is 0 Å². The summed E-state index contributed by atoms with van der Waals surface area (Å²) >= 11 is 1.71. The highest BCUT2D eigenvalue weighted by atomic mass is 32.2. The number of carbonyl (C=O) groups is 1. The van der Waals surface area contributed by atoms with Crippen LogP contribution in [0.15, 0.2) is 12.1 Å². The second-order valence-corrected chi connectivity index (χ2v) is 7.88. The molecule has 1 aromatic rings. The van der Waals surface area contributed by atoms with Gasteiger partial charge in [0.1, 0.15) is 0 Å². The minimum atomic E-state index is -3.31. The second-order valence-electron chi connectivity index (χ2n) is 4.46. The SMILES string of the molecule is CNS(=O)(=O)CCC(=O)NC(C)Cc1ccc(C)s1. The molecule has 1 amide bonds. The molecule has 108 valence electrons. The van der Waals surface area contributed by atoms with Crippen molar-refractivity contribution in [3.05, 3.63) is 21.9 Å². The Morgan fingerprint density at radius 1 is 1.42 bits per heavy atom. The maximum atomic E-state index is 11.6. The Morgan fingerprint density at radius 2 is 2.11 bits per heavy atom. The molecule has 0 aromatic carbocycles. The van der Waals surface area contributed by atoms with Crippen LogP contribution >= 0.6 is 11.3 Å². The number of rotatable bonds is 7. The van der Waals surface area contributed by atoms with Crippen molar-refractivity contribution in [1.29, 1.82) is 0 Å². The summed E-state index contributed by atoms with van der Waals surface area (Å²) in [5.74, 6) is -0.417. The largest absolute Gasteiger partial charge is 0.353 e. The molecule has 0 radical (unpaired) electrons. The molecular formula is C12H20N2O3S2. The quantitative estimate of drug-likeness (QED) is 0.790. The van der Waals surface area contributed by atoms with E-state index in [1.165, 1.54) is 16.8 Å². The molecule has 1 aromatic heterocycles. The third kappa shape index (κ3) is 6.17. The van der Waals surface area contributed by atoms with E-state index in [1.807, 2.05) is 26.0 Å². The van der Waals surface area contributed by atoms with Gasteiger partial charge in [-0.3, -0.25) is 4.79 Å². The molecule has 0 saturated carbocycles. The first-order valence-corrected chi connectivity index (χ1v) is 8.55. The summed E-state index contributed by atoms with van der Waals surface area (Å²) in [5, 5.41) is 2.81. The molecule has 2 N–H and O–H groups in total. The van der Waals surface area contributed by atoms with Gasteiger partial charge in [-0.15, -0.1) is 11.3 Å². The van der Waals surface area contributed by atoms with Crippen molar-refractivity contribution < 1.29 is 13.2 Å². The molecule has 0 saturated heterocycles. The third-order valence-corrected chi connectivity index (χ3v) is 5.01. The van der Waals surface area contributed by atoms with Gasteiger partial charge >= 0.3 is 0 Å². The van der Waals surface area contributed by atoms with Crippen molar-refractivity contribution in [2.75, 3.05) is 12.8 Å². The fourth-order valence-electron chi connectivity index (χ4n) is 1.62. The van der Waals surface area contributed by atoms with Crippen LogP contribution in [0.3, 0.4) is 0 Å². The summed E-state index contributed by atoms with van der Waals surface area (Å²) in [6.07, 6.45) is 0.750. The number of nitrogens with one attached hydrogen (secondary N) is 2. The van der Waals surface area contributed by atoms with Crippen LogP contribution in [0.4, 0.5) is 0 Å². The summed E-state index contributed by atoms with van der Waals surface area (Å²) in [4.78, 5) is 14.1. The van der Waals surface area contributed by atoms with Gasteiger partial charge in [-0.05, 0) is 33.0 Å².